The SMILES string of the molecule is CS(=O)(=O)[C@@](CCCCC#N)(NCC(F)(F)C(F)F)C(=O)NC1(C#N)CC1. The molecule has 0 saturated heterocycles. The van der Waals surface area contributed by atoms with Crippen molar-refractivity contribution in [2.24, 2.45) is 0 Å². The number of hydrogen-bond acceptors (Lipinski definition) is 6. The zero-order valence-electron chi connectivity index (χ0n) is 14.6. The Kier molecular flexibility index (Phi) is 7.19. The predicted molar refractivity (Wildman–Crippen MR) is 86.3 cm³/mol. The zero-order valence-corrected chi connectivity index (χ0v) is 15.4. The van der Waals surface area contributed by atoms with Crippen LogP contribution in [0.25, 0.3) is 0 Å². The van der Waals surface area contributed by atoms with Crippen molar-refractivity contribution in [1.29, 1.82) is 10.5 Å². The highest BCUT2D eigenvalue weighted by atomic mass is 32.2. The van der Waals surface area contributed by atoms with Gasteiger partial charge in [0.05, 0.1) is 18.7 Å². The molecule has 0 heterocycles. The van der Waals surface area contributed by atoms with E-state index in [2.05, 4.69) is 5.32 Å². The summed E-state index contributed by atoms with van der Waals surface area (Å²) in [7, 11) is -4.41. The molecule has 1 aliphatic rings. The Bertz CT molecular complexity index is 741. The van der Waals surface area contributed by atoms with E-state index in [0.29, 0.717) is 6.26 Å². The van der Waals surface area contributed by atoms with E-state index in [4.69, 9.17) is 10.5 Å². The maximum absolute atomic E-state index is 13.4. The number of hydrogen-bond donors (Lipinski definition) is 2. The molecule has 1 rings (SSSR count). The second-order valence-electron chi connectivity index (χ2n) is 6.53. The molecule has 0 bridgehead atoms. The Morgan fingerprint density at radius 2 is 1.85 bits per heavy atom. The molecule has 1 fully saturated rings. The van der Waals surface area contributed by atoms with Gasteiger partial charge in [0.15, 0.2) is 9.84 Å². The van der Waals surface area contributed by atoms with Gasteiger partial charge < -0.3 is 5.32 Å². The number of alkyl halides is 4. The third kappa shape index (κ3) is 5.53. The van der Waals surface area contributed by atoms with Gasteiger partial charge in [0.25, 0.3) is 5.91 Å². The first-order chi connectivity index (χ1) is 12.4. The molecule has 152 valence electrons. The van der Waals surface area contributed by atoms with Crippen LogP contribution in [0.2, 0.25) is 0 Å². The molecular weight excluding hydrogens is 392 g/mol. The lowest BCUT2D eigenvalue weighted by atomic mass is 10.1. The number of sulfone groups is 1. The van der Waals surface area contributed by atoms with Crippen LogP contribution in [-0.4, -0.2) is 49.9 Å². The second kappa shape index (κ2) is 8.40. The summed E-state index contributed by atoms with van der Waals surface area (Å²) in [6.45, 7) is -1.75. The summed E-state index contributed by atoms with van der Waals surface area (Å²) < 4.78 is 76.3. The van der Waals surface area contributed by atoms with Crippen LogP contribution in [0.1, 0.15) is 38.5 Å². The molecule has 27 heavy (non-hydrogen) atoms. The average molecular weight is 412 g/mol. The topological polar surface area (TPSA) is 123 Å². The van der Waals surface area contributed by atoms with Gasteiger partial charge in [-0.2, -0.15) is 19.3 Å². The Balaban J connectivity index is 3.18. The Labute approximate surface area is 154 Å². The van der Waals surface area contributed by atoms with Crippen LogP contribution in [-0.2, 0) is 14.6 Å². The number of rotatable bonds is 11. The monoisotopic (exact) mass is 412 g/mol. The minimum atomic E-state index is -4.56. The van der Waals surface area contributed by atoms with Gasteiger partial charge in [0.1, 0.15) is 5.54 Å². The summed E-state index contributed by atoms with van der Waals surface area (Å²) in [6, 6.07) is 3.63. The third-order valence-corrected chi connectivity index (χ3v) is 6.11. The first-order valence-corrected chi connectivity index (χ1v) is 9.96. The lowest BCUT2D eigenvalue weighted by Crippen LogP contribution is -2.65. The molecule has 2 N–H and O–H groups in total. The molecular formula is C15H20F4N4O3S. The van der Waals surface area contributed by atoms with Crippen molar-refractivity contribution in [2.45, 2.75) is 61.3 Å². The van der Waals surface area contributed by atoms with E-state index < -0.39 is 51.5 Å². The van der Waals surface area contributed by atoms with Gasteiger partial charge in [0.2, 0.25) is 4.87 Å². The molecule has 0 aliphatic heterocycles. The summed E-state index contributed by atoms with van der Waals surface area (Å²) in [5.74, 6) is -5.80. The van der Waals surface area contributed by atoms with Crippen molar-refractivity contribution in [3.63, 3.8) is 0 Å². The Morgan fingerprint density at radius 1 is 1.26 bits per heavy atom. The molecule has 0 aromatic heterocycles. The minimum absolute atomic E-state index is 0.0130. The summed E-state index contributed by atoms with van der Waals surface area (Å²) in [4.78, 5) is 10.1. The Morgan fingerprint density at radius 3 is 2.26 bits per heavy atom. The number of unbranched alkanes of at least 4 members (excludes halogenated alkanes) is 2. The van der Waals surface area contributed by atoms with E-state index in [0.717, 1.165) is 0 Å². The highest BCUT2D eigenvalue weighted by Crippen LogP contribution is 2.36. The molecule has 1 saturated carbocycles. The van der Waals surface area contributed by atoms with Gasteiger partial charge >= 0.3 is 12.3 Å². The van der Waals surface area contributed by atoms with Crippen molar-refractivity contribution in [3.05, 3.63) is 0 Å². The minimum Gasteiger partial charge on any atom is -0.335 e. The van der Waals surface area contributed by atoms with Gasteiger partial charge in [0, 0.05) is 12.7 Å². The number of carbonyl (C=O) groups is 1. The van der Waals surface area contributed by atoms with Crippen molar-refractivity contribution < 1.29 is 30.8 Å². The van der Waals surface area contributed by atoms with Gasteiger partial charge in [-0.05, 0) is 32.1 Å². The van der Waals surface area contributed by atoms with Crippen LogP contribution in [0.15, 0.2) is 0 Å². The lowest BCUT2D eigenvalue weighted by molar-refractivity contribution is -0.134. The number of nitrogens with zero attached hydrogens (tertiary/aromatic N) is 2. The average Bonchev–Trinajstić information content (AvgIpc) is 3.33. The smallest absolute Gasteiger partial charge is 0.319 e. The zero-order chi connectivity index (χ0) is 20.9. The van der Waals surface area contributed by atoms with E-state index in [-0.39, 0.29) is 32.1 Å². The normalized spacial score (nSPS) is 18.2. The molecule has 0 radical (unpaired) electrons. The molecule has 0 spiro atoms. The lowest BCUT2D eigenvalue weighted by Gasteiger charge is -2.34. The van der Waals surface area contributed by atoms with Crippen molar-refractivity contribution >= 4 is 15.7 Å². The number of amides is 1. The Hall–Kier alpha value is -1.92. The number of halogens is 4. The molecule has 0 unspecified atom stereocenters. The van der Waals surface area contributed by atoms with E-state index in [1.54, 1.807) is 0 Å². The summed E-state index contributed by atoms with van der Waals surface area (Å²) in [6.07, 6.45) is -3.23. The molecule has 1 atom stereocenters. The van der Waals surface area contributed by atoms with Gasteiger partial charge in [-0.1, -0.05) is 0 Å². The van der Waals surface area contributed by atoms with Crippen molar-refractivity contribution in [1.82, 2.24) is 10.6 Å². The van der Waals surface area contributed by atoms with Crippen LogP contribution in [0, 0.1) is 22.7 Å². The number of nitriles is 2. The molecule has 1 aliphatic carbocycles. The van der Waals surface area contributed by atoms with Crippen LogP contribution in [0.5, 0.6) is 0 Å². The largest absolute Gasteiger partial charge is 0.335 e. The van der Waals surface area contributed by atoms with Crippen molar-refractivity contribution in [3.8, 4) is 12.1 Å². The number of nitrogens with one attached hydrogen (secondary N) is 2. The predicted octanol–water partition coefficient (Wildman–Crippen LogP) is 1.47. The van der Waals surface area contributed by atoms with Crippen molar-refractivity contribution in [2.75, 3.05) is 12.8 Å². The highest BCUT2D eigenvalue weighted by Gasteiger charge is 2.55. The van der Waals surface area contributed by atoms with E-state index in [1.165, 1.54) is 0 Å². The summed E-state index contributed by atoms with van der Waals surface area (Å²) in [5.41, 5.74) is -1.29. The van der Waals surface area contributed by atoms with Gasteiger partial charge in [-0.3, -0.25) is 10.1 Å². The quantitative estimate of drug-likeness (QED) is 0.391. The van der Waals surface area contributed by atoms with Crippen LogP contribution in [0.3, 0.4) is 0 Å². The standard InChI is InChI=1S/C15H20F4N4O3S/c1-27(25,26)15(5-3-2-4-8-20,22-10-14(18,19)11(16)17)12(24)23-13(9-21)6-7-13/h11,22H,2-7,10H2,1H3,(H,23,24)/t15-/m1/s1. The third-order valence-electron chi connectivity index (χ3n) is 4.31. The molecule has 0 aromatic carbocycles. The first kappa shape index (κ1) is 23.1. The fourth-order valence-electron chi connectivity index (χ4n) is 2.39. The maximum atomic E-state index is 13.4. The summed E-state index contributed by atoms with van der Waals surface area (Å²) >= 11 is 0. The van der Waals surface area contributed by atoms with E-state index in [9.17, 15) is 30.8 Å². The fraction of sp³-hybridized carbons (Fsp3) is 0.800. The van der Waals surface area contributed by atoms with Crippen LogP contribution >= 0.6 is 0 Å². The maximum Gasteiger partial charge on any atom is 0.319 e. The molecule has 1 amide bonds. The second-order valence-corrected chi connectivity index (χ2v) is 8.77. The first-order valence-electron chi connectivity index (χ1n) is 8.07. The molecule has 0 aromatic rings. The van der Waals surface area contributed by atoms with Crippen LogP contribution in [0.4, 0.5) is 17.6 Å². The van der Waals surface area contributed by atoms with Crippen LogP contribution < -0.4 is 10.6 Å². The fourth-order valence-corrected chi connectivity index (χ4v) is 3.63. The van der Waals surface area contributed by atoms with E-state index in [1.807, 2.05) is 17.5 Å². The molecule has 12 heteroatoms. The van der Waals surface area contributed by atoms with Gasteiger partial charge in [-0.25, -0.2) is 17.2 Å². The van der Waals surface area contributed by atoms with Gasteiger partial charge in [-0.15, -0.1) is 0 Å². The molecule has 7 nitrogen and oxygen atoms in total. The van der Waals surface area contributed by atoms with E-state index >= 15 is 0 Å². The highest BCUT2D eigenvalue weighted by molar-refractivity contribution is 7.92. The summed E-state index contributed by atoms with van der Waals surface area (Å²) in [5, 5.41) is 21.7. The number of carbonyl (C=O) groups excluding carboxylic acids is 1.